The Balaban J connectivity index is 2.79. The summed E-state index contributed by atoms with van der Waals surface area (Å²) in [5.74, 6) is -1.51. The minimum Gasteiger partial charge on any atom is -0.748 e. The lowest BCUT2D eigenvalue weighted by atomic mass is 10.0. The second-order valence-electron chi connectivity index (χ2n) is 4.50. The topological polar surface area (TPSA) is 95.9 Å². The zero-order valence-corrected chi connectivity index (χ0v) is 10.2. The largest absolute Gasteiger partial charge is 0.748 e. The standard InChI is InChI=1S/C9H18O6S/c1-8(2)14-6-9(15-8,4-3-5-10)7-16(11,12)13/h10H,3-7H2,1-2H3,(H,11,12,13)/p-1. The molecule has 0 spiro atoms. The number of aliphatic hydroxyl groups is 1. The molecule has 1 aliphatic rings. The van der Waals surface area contributed by atoms with Gasteiger partial charge in [-0.05, 0) is 26.7 Å². The van der Waals surface area contributed by atoms with Crippen molar-refractivity contribution in [3.05, 3.63) is 0 Å². The minimum atomic E-state index is -4.38. The van der Waals surface area contributed by atoms with Crippen LogP contribution in [0.4, 0.5) is 0 Å². The zero-order chi connectivity index (χ0) is 12.4. The van der Waals surface area contributed by atoms with Gasteiger partial charge in [-0.25, -0.2) is 8.42 Å². The molecule has 0 aromatic rings. The van der Waals surface area contributed by atoms with Crippen molar-refractivity contribution in [2.24, 2.45) is 0 Å². The van der Waals surface area contributed by atoms with Gasteiger partial charge in [-0.15, -0.1) is 0 Å². The highest BCUT2D eigenvalue weighted by molar-refractivity contribution is 7.85. The Hall–Kier alpha value is -0.210. The second kappa shape index (κ2) is 4.58. The van der Waals surface area contributed by atoms with Crippen molar-refractivity contribution in [1.29, 1.82) is 0 Å². The first-order valence-corrected chi connectivity index (χ1v) is 6.64. The van der Waals surface area contributed by atoms with E-state index in [1.54, 1.807) is 13.8 Å². The molecule has 96 valence electrons. The average molecular weight is 253 g/mol. The summed E-state index contributed by atoms with van der Waals surface area (Å²) in [6.07, 6.45) is 0.656. The van der Waals surface area contributed by atoms with Crippen LogP contribution in [0.15, 0.2) is 0 Å². The first-order chi connectivity index (χ1) is 7.18. The van der Waals surface area contributed by atoms with Gasteiger partial charge in [0.1, 0.15) is 5.60 Å². The predicted molar refractivity (Wildman–Crippen MR) is 54.7 cm³/mol. The molecular formula is C9H17O6S-. The van der Waals surface area contributed by atoms with Crippen molar-refractivity contribution < 1.29 is 27.6 Å². The van der Waals surface area contributed by atoms with Crippen LogP contribution < -0.4 is 0 Å². The van der Waals surface area contributed by atoms with Gasteiger partial charge in [0.05, 0.1) is 22.5 Å². The molecule has 1 unspecified atom stereocenters. The van der Waals surface area contributed by atoms with E-state index in [-0.39, 0.29) is 19.6 Å². The van der Waals surface area contributed by atoms with E-state index in [0.717, 1.165) is 0 Å². The van der Waals surface area contributed by atoms with Crippen LogP contribution in [0.2, 0.25) is 0 Å². The highest BCUT2D eigenvalue weighted by Crippen LogP contribution is 2.35. The Morgan fingerprint density at radius 1 is 1.44 bits per heavy atom. The maximum absolute atomic E-state index is 10.8. The molecule has 1 aliphatic heterocycles. The van der Waals surface area contributed by atoms with Gasteiger partial charge in [0.2, 0.25) is 0 Å². The van der Waals surface area contributed by atoms with E-state index in [1.165, 1.54) is 0 Å². The van der Waals surface area contributed by atoms with Crippen LogP contribution in [-0.4, -0.2) is 48.4 Å². The van der Waals surface area contributed by atoms with Crippen LogP contribution in [0.5, 0.6) is 0 Å². The summed E-state index contributed by atoms with van der Waals surface area (Å²) >= 11 is 0. The molecule has 0 bridgehead atoms. The van der Waals surface area contributed by atoms with Crippen LogP contribution in [0.3, 0.4) is 0 Å². The lowest BCUT2D eigenvalue weighted by Gasteiger charge is -2.30. The highest BCUT2D eigenvalue weighted by Gasteiger charge is 2.46. The molecule has 6 nitrogen and oxygen atoms in total. The van der Waals surface area contributed by atoms with Crippen molar-refractivity contribution in [3.63, 3.8) is 0 Å². The summed E-state index contributed by atoms with van der Waals surface area (Å²) in [5, 5.41) is 8.75. The van der Waals surface area contributed by atoms with Crippen LogP contribution in [-0.2, 0) is 19.6 Å². The van der Waals surface area contributed by atoms with Crippen LogP contribution >= 0.6 is 0 Å². The Morgan fingerprint density at radius 2 is 2.06 bits per heavy atom. The fraction of sp³-hybridized carbons (Fsp3) is 1.00. The smallest absolute Gasteiger partial charge is 0.163 e. The van der Waals surface area contributed by atoms with Gasteiger partial charge in [-0.2, -0.15) is 0 Å². The van der Waals surface area contributed by atoms with Crippen molar-refractivity contribution in [3.8, 4) is 0 Å². The summed E-state index contributed by atoms with van der Waals surface area (Å²) in [6, 6.07) is 0. The molecule has 1 rings (SSSR count). The number of ether oxygens (including phenoxy) is 2. The minimum absolute atomic E-state index is 0.0570. The summed E-state index contributed by atoms with van der Waals surface area (Å²) in [6.45, 7) is 3.29. The van der Waals surface area contributed by atoms with E-state index in [2.05, 4.69) is 0 Å². The average Bonchev–Trinajstić information content (AvgIpc) is 2.36. The predicted octanol–water partition coefficient (Wildman–Crippen LogP) is -0.174. The van der Waals surface area contributed by atoms with E-state index in [4.69, 9.17) is 14.6 Å². The summed E-state index contributed by atoms with van der Waals surface area (Å²) < 4.78 is 43.2. The van der Waals surface area contributed by atoms with Crippen molar-refractivity contribution in [2.45, 2.75) is 38.1 Å². The van der Waals surface area contributed by atoms with E-state index >= 15 is 0 Å². The van der Waals surface area contributed by atoms with Crippen molar-refractivity contribution >= 4 is 10.1 Å². The molecule has 1 atom stereocenters. The Morgan fingerprint density at radius 3 is 2.44 bits per heavy atom. The molecule has 1 saturated heterocycles. The Labute approximate surface area is 95.3 Å². The molecule has 0 saturated carbocycles. The molecule has 1 fully saturated rings. The lowest BCUT2D eigenvalue weighted by Crippen LogP contribution is -2.41. The van der Waals surface area contributed by atoms with Gasteiger partial charge in [-0.1, -0.05) is 0 Å². The molecule has 16 heavy (non-hydrogen) atoms. The van der Waals surface area contributed by atoms with E-state index < -0.39 is 27.3 Å². The number of rotatable bonds is 5. The van der Waals surface area contributed by atoms with Gasteiger partial charge < -0.3 is 19.1 Å². The third-order valence-electron chi connectivity index (χ3n) is 2.38. The molecule has 1 N–H and O–H groups in total. The molecule has 1 heterocycles. The van der Waals surface area contributed by atoms with Crippen molar-refractivity contribution in [2.75, 3.05) is 19.0 Å². The zero-order valence-electron chi connectivity index (χ0n) is 9.43. The molecule has 7 heteroatoms. The Bertz CT molecular complexity index is 336. The number of hydrogen-bond acceptors (Lipinski definition) is 6. The van der Waals surface area contributed by atoms with Gasteiger partial charge in [0.25, 0.3) is 0 Å². The maximum Gasteiger partial charge on any atom is 0.163 e. The molecule has 0 aromatic heterocycles. The summed E-state index contributed by atoms with van der Waals surface area (Å²) in [4.78, 5) is 0. The monoisotopic (exact) mass is 253 g/mol. The summed E-state index contributed by atoms with van der Waals surface area (Å²) in [7, 11) is -4.38. The Kier molecular flexibility index (Phi) is 3.96. The quantitative estimate of drug-likeness (QED) is 0.683. The van der Waals surface area contributed by atoms with Crippen LogP contribution in [0, 0.1) is 0 Å². The number of hydrogen-bond donors (Lipinski definition) is 1. The highest BCUT2D eigenvalue weighted by atomic mass is 32.2. The van der Waals surface area contributed by atoms with Crippen LogP contribution in [0.25, 0.3) is 0 Å². The van der Waals surface area contributed by atoms with Crippen molar-refractivity contribution in [1.82, 2.24) is 0 Å². The second-order valence-corrected chi connectivity index (χ2v) is 5.91. The first-order valence-electron chi connectivity index (χ1n) is 5.07. The fourth-order valence-electron chi connectivity index (χ4n) is 1.88. The van der Waals surface area contributed by atoms with Crippen LogP contribution in [0.1, 0.15) is 26.7 Å². The maximum atomic E-state index is 10.8. The van der Waals surface area contributed by atoms with E-state index in [1.807, 2.05) is 0 Å². The normalized spacial score (nSPS) is 29.5. The lowest BCUT2D eigenvalue weighted by molar-refractivity contribution is -0.158. The van der Waals surface area contributed by atoms with E-state index in [0.29, 0.717) is 6.42 Å². The third kappa shape index (κ3) is 3.99. The van der Waals surface area contributed by atoms with E-state index in [9.17, 15) is 13.0 Å². The third-order valence-corrected chi connectivity index (χ3v) is 3.26. The molecule has 0 radical (unpaired) electrons. The molecule has 0 aromatic carbocycles. The van der Waals surface area contributed by atoms with Gasteiger partial charge in [0, 0.05) is 6.61 Å². The molecular weight excluding hydrogens is 236 g/mol. The first kappa shape index (κ1) is 13.9. The summed E-state index contributed by atoms with van der Waals surface area (Å²) in [5.41, 5.74) is -1.12. The van der Waals surface area contributed by atoms with Gasteiger partial charge in [0.15, 0.2) is 5.79 Å². The van der Waals surface area contributed by atoms with Gasteiger partial charge in [-0.3, -0.25) is 0 Å². The van der Waals surface area contributed by atoms with Gasteiger partial charge >= 0.3 is 0 Å². The fourth-order valence-corrected chi connectivity index (χ4v) is 2.81. The number of aliphatic hydroxyl groups excluding tert-OH is 1. The molecule has 0 aliphatic carbocycles. The SMILES string of the molecule is CC1(C)OCC(CCCO)(CS(=O)(=O)[O-])O1. The molecule has 0 amide bonds.